The van der Waals surface area contributed by atoms with Gasteiger partial charge in [0.15, 0.2) is 0 Å². The average molecular weight is 733 g/mol. The van der Waals surface area contributed by atoms with Crippen LogP contribution in [0.1, 0.15) is 144 Å². The fraction of sp³-hybridized carbons (Fsp3) is 0.707. The summed E-state index contributed by atoms with van der Waals surface area (Å²) >= 11 is 0. The van der Waals surface area contributed by atoms with E-state index in [2.05, 4.69) is 67.8 Å². The van der Waals surface area contributed by atoms with Gasteiger partial charge in [0.1, 0.15) is 12.8 Å². The van der Waals surface area contributed by atoms with Crippen LogP contribution in [0, 0.1) is 0 Å². The standard InChI is InChI=1S/C14H22N4O4.C13H20N2.C8H18.C3H8.C2H6.CH2O/c1-2-3-6-16-14(22)11(19)9-17-13(21)10-5-4-7-18(10)12(20)8-15;1-14-13(8-4-2-5-9-13)11-12-7-3-6-10-15-12;1-3-5-7-8-6-4-2;1-3-2;2*1-2/h2-3,10H,4-9,15H2,1H3,(H,16,22)(H,17,21);3,6-7,10,14H,2,4-5,8-9,11H2,1H3;3-8H2,1-2H3;3H2,1-2H3;1-2H3;1H2/b3-2+;;;;;. The minimum atomic E-state index is -0.750. The van der Waals surface area contributed by atoms with Crippen LogP contribution in [0.4, 0.5) is 0 Å². The van der Waals surface area contributed by atoms with Crippen LogP contribution in [-0.4, -0.2) is 85.0 Å². The van der Waals surface area contributed by atoms with E-state index in [1.54, 1.807) is 19.1 Å². The Bertz CT molecular complexity index is 1040. The zero-order valence-electron chi connectivity index (χ0n) is 34.2. The number of carbonyl (C=O) groups is 5. The summed E-state index contributed by atoms with van der Waals surface area (Å²) in [6.45, 7) is 16.8. The Hall–Kier alpha value is -3.44. The zero-order valence-corrected chi connectivity index (χ0v) is 34.2. The van der Waals surface area contributed by atoms with Crippen molar-refractivity contribution >= 4 is 30.3 Å². The molecule has 2 heterocycles. The number of allylic oxidation sites excluding steroid dienone is 1. The highest BCUT2D eigenvalue weighted by Crippen LogP contribution is 2.30. The third-order valence-electron chi connectivity index (χ3n) is 8.39. The van der Waals surface area contributed by atoms with Gasteiger partial charge in [-0.15, -0.1) is 0 Å². The molecule has 0 radical (unpaired) electrons. The van der Waals surface area contributed by atoms with Gasteiger partial charge in [-0.05, 0) is 51.8 Å². The molecule has 3 rings (SSSR count). The Morgan fingerprint density at radius 1 is 0.942 bits per heavy atom. The first-order valence-electron chi connectivity index (χ1n) is 19.8. The molecular formula is C41H76N6O5. The van der Waals surface area contributed by atoms with E-state index in [9.17, 15) is 19.2 Å². The van der Waals surface area contributed by atoms with Crippen LogP contribution >= 0.6 is 0 Å². The van der Waals surface area contributed by atoms with Gasteiger partial charge in [-0.25, -0.2) is 0 Å². The maximum atomic E-state index is 12.0. The number of rotatable bonds is 15. The molecule has 0 aromatic carbocycles. The van der Waals surface area contributed by atoms with E-state index >= 15 is 0 Å². The van der Waals surface area contributed by atoms with Crippen molar-refractivity contribution in [1.82, 2.24) is 25.8 Å². The van der Waals surface area contributed by atoms with Gasteiger partial charge in [0.2, 0.25) is 17.6 Å². The lowest BCUT2D eigenvalue weighted by Crippen LogP contribution is -2.49. The highest BCUT2D eigenvalue weighted by molar-refractivity contribution is 6.37. The van der Waals surface area contributed by atoms with Gasteiger partial charge in [-0.2, -0.15) is 0 Å². The Morgan fingerprint density at radius 3 is 2.02 bits per heavy atom. The number of amides is 3. The Morgan fingerprint density at radius 2 is 1.54 bits per heavy atom. The third kappa shape index (κ3) is 25.5. The minimum Gasteiger partial charge on any atom is -0.347 e. The fourth-order valence-corrected chi connectivity index (χ4v) is 5.64. The van der Waals surface area contributed by atoms with Crippen molar-refractivity contribution < 1.29 is 24.0 Å². The molecule has 2 fully saturated rings. The lowest BCUT2D eigenvalue weighted by molar-refractivity contribution is -0.139. The Balaban J connectivity index is -0.000000689. The number of likely N-dealkylation sites (N-methyl/N-ethyl adjacent to an activating group) is 1. The second-order valence-electron chi connectivity index (χ2n) is 12.6. The second kappa shape index (κ2) is 37.3. The first-order valence-corrected chi connectivity index (χ1v) is 19.8. The molecule has 52 heavy (non-hydrogen) atoms. The number of hydrogen-bond donors (Lipinski definition) is 4. The summed E-state index contributed by atoms with van der Waals surface area (Å²) in [4.78, 5) is 60.5. The first-order chi connectivity index (χ1) is 25.2. The van der Waals surface area contributed by atoms with E-state index in [0.29, 0.717) is 24.9 Å². The first kappa shape index (κ1) is 52.9. The SMILES string of the molecule is C/C=C/CNC(=O)C(=O)CNC(=O)C1CCCN1C(=O)CN.C=O.CC.CCC.CCCCCCCC.CNC1(Cc2ccccn2)CCCCC1. The maximum Gasteiger partial charge on any atom is 0.289 e. The molecule has 1 aliphatic carbocycles. The largest absolute Gasteiger partial charge is 0.347 e. The summed E-state index contributed by atoms with van der Waals surface area (Å²) in [6, 6.07) is 5.58. The van der Waals surface area contributed by atoms with Gasteiger partial charge in [0, 0.05) is 36.9 Å². The number of pyridine rings is 1. The van der Waals surface area contributed by atoms with Crippen molar-refractivity contribution in [2.75, 3.05) is 33.2 Å². The molecule has 1 atom stereocenters. The molecule has 1 aromatic rings. The quantitative estimate of drug-likeness (QED) is 0.0904. The topological polar surface area (TPSA) is 164 Å². The van der Waals surface area contributed by atoms with Crippen LogP contribution in [0.25, 0.3) is 0 Å². The fourth-order valence-electron chi connectivity index (χ4n) is 5.64. The monoisotopic (exact) mass is 733 g/mol. The molecule has 2 aliphatic rings. The number of likely N-dealkylation sites (tertiary alicyclic amines) is 1. The van der Waals surface area contributed by atoms with Crippen LogP contribution in [0.5, 0.6) is 0 Å². The van der Waals surface area contributed by atoms with Crippen LogP contribution in [0.2, 0.25) is 0 Å². The van der Waals surface area contributed by atoms with Gasteiger partial charge < -0.3 is 31.4 Å². The van der Waals surface area contributed by atoms with Crippen molar-refractivity contribution in [3.8, 4) is 0 Å². The van der Waals surface area contributed by atoms with Crippen LogP contribution in [0.3, 0.4) is 0 Å². The van der Waals surface area contributed by atoms with Crippen molar-refractivity contribution in [2.45, 2.75) is 156 Å². The van der Waals surface area contributed by atoms with E-state index in [4.69, 9.17) is 10.5 Å². The van der Waals surface area contributed by atoms with Gasteiger partial charge in [0.25, 0.3) is 5.91 Å². The zero-order chi connectivity index (χ0) is 40.0. The van der Waals surface area contributed by atoms with Crippen LogP contribution in [0.15, 0.2) is 36.5 Å². The van der Waals surface area contributed by atoms with Crippen molar-refractivity contribution in [1.29, 1.82) is 0 Å². The summed E-state index contributed by atoms with van der Waals surface area (Å²) in [5, 5.41) is 8.33. The second-order valence-corrected chi connectivity index (χ2v) is 12.6. The molecule has 1 saturated heterocycles. The summed E-state index contributed by atoms with van der Waals surface area (Å²) in [5.41, 5.74) is 6.83. The van der Waals surface area contributed by atoms with Gasteiger partial charge in [0.05, 0.1) is 13.1 Å². The number of nitrogens with two attached hydrogens (primary N) is 1. The summed E-state index contributed by atoms with van der Waals surface area (Å²) < 4.78 is 0. The number of carbonyl (C=O) groups excluding carboxylic acids is 5. The molecule has 5 N–H and O–H groups in total. The summed E-state index contributed by atoms with van der Waals surface area (Å²) in [7, 11) is 2.09. The van der Waals surface area contributed by atoms with Crippen molar-refractivity contribution in [3.63, 3.8) is 0 Å². The molecule has 300 valence electrons. The predicted molar refractivity (Wildman–Crippen MR) is 216 cm³/mol. The average Bonchev–Trinajstić information content (AvgIpc) is 3.69. The van der Waals surface area contributed by atoms with Crippen LogP contribution in [-0.2, 0) is 30.4 Å². The van der Waals surface area contributed by atoms with E-state index in [0.717, 1.165) is 6.42 Å². The summed E-state index contributed by atoms with van der Waals surface area (Å²) in [6.07, 6.45) is 24.1. The smallest absolute Gasteiger partial charge is 0.289 e. The number of Topliss-reactive ketones (excluding diaryl/α,β-unsaturated/α-hetero) is 1. The molecule has 1 unspecified atom stereocenters. The highest BCUT2D eigenvalue weighted by atomic mass is 16.2. The molecule has 0 spiro atoms. The third-order valence-corrected chi connectivity index (χ3v) is 8.39. The van der Waals surface area contributed by atoms with Gasteiger partial charge in [-0.3, -0.25) is 24.2 Å². The molecular weight excluding hydrogens is 656 g/mol. The Labute approximate surface area is 317 Å². The highest BCUT2D eigenvalue weighted by Gasteiger charge is 2.33. The molecule has 1 aromatic heterocycles. The molecule has 3 amide bonds. The van der Waals surface area contributed by atoms with E-state index < -0.39 is 23.6 Å². The lowest BCUT2D eigenvalue weighted by Gasteiger charge is -2.37. The van der Waals surface area contributed by atoms with E-state index in [-0.39, 0.29) is 25.5 Å². The van der Waals surface area contributed by atoms with Crippen LogP contribution < -0.4 is 21.7 Å². The molecule has 1 aliphatic heterocycles. The number of nitrogens with zero attached hydrogens (tertiary/aromatic N) is 2. The molecule has 1 saturated carbocycles. The van der Waals surface area contributed by atoms with Gasteiger partial charge >= 0.3 is 0 Å². The molecule has 0 bridgehead atoms. The number of ketones is 1. The minimum absolute atomic E-state index is 0.157. The number of unbranched alkanes of at least 4 members (excludes halogenated alkanes) is 5. The van der Waals surface area contributed by atoms with E-state index in [1.807, 2.05) is 32.9 Å². The lowest BCUT2D eigenvalue weighted by atomic mass is 9.78. The normalized spacial score (nSPS) is 15.2. The molecule has 11 heteroatoms. The Kier molecular flexibility index (Phi) is 38.0. The van der Waals surface area contributed by atoms with Gasteiger partial charge in [-0.1, -0.05) is 124 Å². The van der Waals surface area contributed by atoms with E-state index in [1.165, 1.54) is 87.6 Å². The predicted octanol–water partition coefficient (Wildman–Crippen LogP) is 6.48. The number of nitrogens with one attached hydrogen (secondary N) is 3. The summed E-state index contributed by atoms with van der Waals surface area (Å²) in [5.74, 6) is -2.21. The molecule has 11 nitrogen and oxygen atoms in total. The van der Waals surface area contributed by atoms with Crippen molar-refractivity contribution in [2.24, 2.45) is 5.73 Å². The number of hydrogen-bond acceptors (Lipinski definition) is 8. The van der Waals surface area contributed by atoms with Crippen molar-refractivity contribution in [3.05, 3.63) is 42.2 Å². The maximum absolute atomic E-state index is 12.0. The number of aromatic nitrogens is 1.